The van der Waals surface area contributed by atoms with Gasteiger partial charge in [-0.25, -0.2) is 21.6 Å². The fraction of sp³-hybridized carbons (Fsp3) is 0.556. The molecule has 28 heavy (non-hydrogen) atoms. The Morgan fingerprint density at radius 2 is 1.89 bits per heavy atom. The van der Waals surface area contributed by atoms with Gasteiger partial charge in [0, 0.05) is 12.6 Å². The lowest BCUT2D eigenvalue weighted by molar-refractivity contribution is -0.141. The Morgan fingerprint density at radius 3 is 2.43 bits per heavy atom. The number of amides is 1. The summed E-state index contributed by atoms with van der Waals surface area (Å²) in [5.41, 5.74) is -0.129. The zero-order valence-corrected chi connectivity index (χ0v) is 17.8. The Kier molecular flexibility index (Phi) is 6.87. The van der Waals surface area contributed by atoms with Gasteiger partial charge >= 0.3 is 5.97 Å². The van der Waals surface area contributed by atoms with Crippen LogP contribution in [0.15, 0.2) is 29.2 Å². The van der Waals surface area contributed by atoms with Crippen molar-refractivity contribution in [3.63, 3.8) is 0 Å². The molecular formula is C18H25NO7S2. The summed E-state index contributed by atoms with van der Waals surface area (Å²) >= 11 is 0. The highest BCUT2D eigenvalue weighted by Gasteiger charge is 2.36. The predicted molar refractivity (Wildman–Crippen MR) is 103 cm³/mol. The van der Waals surface area contributed by atoms with Gasteiger partial charge in [-0.05, 0) is 32.4 Å². The second kappa shape index (κ2) is 8.60. The predicted octanol–water partition coefficient (Wildman–Crippen LogP) is 1.06. The molecule has 10 heteroatoms. The molecule has 1 aromatic rings. The first-order valence-corrected chi connectivity index (χ1v) is 12.5. The van der Waals surface area contributed by atoms with Crippen LogP contribution in [0.3, 0.4) is 0 Å². The molecule has 1 fully saturated rings. The van der Waals surface area contributed by atoms with E-state index in [9.17, 15) is 26.4 Å². The normalized spacial score (nSPS) is 19.8. The SMILES string of the molecule is CCN(C(=O)C(C)OC(=O)c1ccccc1S(=O)(=O)CC)C1CCS(=O)(=O)C1. The van der Waals surface area contributed by atoms with Crippen molar-refractivity contribution < 1.29 is 31.2 Å². The third-order valence-electron chi connectivity index (χ3n) is 4.73. The Morgan fingerprint density at radius 1 is 1.25 bits per heavy atom. The van der Waals surface area contributed by atoms with Gasteiger partial charge in [-0.2, -0.15) is 0 Å². The van der Waals surface area contributed by atoms with Crippen LogP contribution in [0.2, 0.25) is 0 Å². The summed E-state index contributed by atoms with van der Waals surface area (Å²) in [6.45, 7) is 4.86. The minimum absolute atomic E-state index is 0.0257. The minimum Gasteiger partial charge on any atom is -0.449 e. The van der Waals surface area contributed by atoms with Crippen LogP contribution < -0.4 is 0 Å². The largest absolute Gasteiger partial charge is 0.449 e. The highest BCUT2D eigenvalue weighted by molar-refractivity contribution is 7.91. The summed E-state index contributed by atoms with van der Waals surface area (Å²) in [5, 5.41) is 0. The summed E-state index contributed by atoms with van der Waals surface area (Å²) < 4.78 is 53.0. The van der Waals surface area contributed by atoms with E-state index in [2.05, 4.69) is 0 Å². The third-order valence-corrected chi connectivity index (χ3v) is 8.26. The van der Waals surface area contributed by atoms with Crippen LogP contribution in [-0.2, 0) is 29.2 Å². The van der Waals surface area contributed by atoms with Crippen molar-refractivity contribution in [2.45, 2.75) is 44.2 Å². The fourth-order valence-electron chi connectivity index (χ4n) is 3.19. The third kappa shape index (κ3) is 4.91. The summed E-state index contributed by atoms with van der Waals surface area (Å²) in [6, 6.07) is 5.23. The van der Waals surface area contributed by atoms with Crippen LogP contribution in [-0.4, -0.2) is 69.6 Å². The smallest absolute Gasteiger partial charge is 0.340 e. The zero-order chi connectivity index (χ0) is 21.1. The lowest BCUT2D eigenvalue weighted by Crippen LogP contribution is -2.46. The summed E-state index contributed by atoms with van der Waals surface area (Å²) in [5.74, 6) is -1.67. The van der Waals surface area contributed by atoms with Crippen LogP contribution in [0, 0.1) is 0 Å². The monoisotopic (exact) mass is 431 g/mol. The lowest BCUT2D eigenvalue weighted by Gasteiger charge is -2.29. The number of sulfone groups is 2. The molecule has 0 bridgehead atoms. The van der Waals surface area contributed by atoms with E-state index in [1.807, 2.05) is 0 Å². The number of rotatable bonds is 7. The molecule has 0 aromatic heterocycles. The number of nitrogens with zero attached hydrogens (tertiary/aromatic N) is 1. The lowest BCUT2D eigenvalue weighted by atomic mass is 10.2. The molecule has 2 unspecified atom stereocenters. The number of ether oxygens (including phenoxy) is 1. The van der Waals surface area contributed by atoms with E-state index in [-0.39, 0.29) is 34.3 Å². The molecule has 2 rings (SSSR count). The Labute approximate surface area is 165 Å². The molecule has 1 aliphatic heterocycles. The summed E-state index contributed by atoms with van der Waals surface area (Å²) in [7, 11) is -6.81. The number of likely N-dealkylation sites (N-methyl/N-ethyl adjacent to an activating group) is 1. The van der Waals surface area contributed by atoms with Gasteiger partial charge in [0.2, 0.25) is 0 Å². The second-order valence-corrected chi connectivity index (χ2v) is 11.1. The average Bonchev–Trinajstić information content (AvgIpc) is 3.01. The highest BCUT2D eigenvalue weighted by atomic mass is 32.2. The Hall–Kier alpha value is -1.94. The number of esters is 1. The van der Waals surface area contributed by atoms with E-state index >= 15 is 0 Å². The van der Waals surface area contributed by atoms with Gasteiger partial charge in [0.15, 0.2) is 25.8 Å². The van der Waals surface area contributed by atoms with Gasteiger partial charge in [-0.3, -0.25) is 4.79 Å². The zero-order valence-electron chi connectivity index (χ0n) is 16.1. The molecule has 0 saturated carbocycles. The molecule has 0 spiro atoms. The number of carbonyl (C=O) groups excluding carboxylic acids is 2. The van der Waals surface area contributed by atoms with Crippen molar-refractivity contribution in [3.8, 4) is 0 Å². The van der Waals surface area contributed by atoms with E-state index in [1.165, 1.54) is 43.0 Å². The van der Waals surface area contributed by atoms with E-state index in [0.29, 0.717) is 6.42 Å². The van der Waals surface area contributed by atoms with Gasteiger partial charge in [0.1, 0.15) is 0 Å². The standard InChI is InChI=1S/C18H25NO7S2/c1-4-19(14-10-11-27(22,23)12-14)17(20)13(3)26-18(21)15-8-6-7-9-16(15)28(24,25)5-2/h6-9,13-14H,4-5,10-12H2,1-3H3. The van der Waals surface area contributed by atoms with Crippen molar-refractivity contribution in [1.82, 2.24) is 4.90 Å². The van der Waals surface area contributed by atoms with Crippen LogP contribution in [0.5, 0.6) is 0 Å². The Bertz CT molecular complexity index is 954. The van der Waals surface area contributed by atoms with E-state index < -0.39 is 43.7 Å². The second-order valence-electron chi connectivity index (χ2n) is 6.63. The van der Waals surface area contributed by atoms with Gasteiger partial charge in [0.05, 0.1) is 27.7 Å². The van der Waals surface area contributed by atoms with Crippen molar-refractivity contribution in [1.29, 1.82) is 0 Å². The maximum Gasteiger partial charge on any atom is 0.340 e. The van der Waals surface area contributed by atoms with Crippen molar-refractivity contribution >= 4 is 31.6 Å². The molecule has 156 valence electrons. The van der Waals surface area contributed by atoms with Crippen LogP contribution in [0.25, 0.3) is 0 Å². The molecule has 1 saturated heterocycles. The minimum atomic E-state index is -3.64. The number of hydrogen-bond acceptors (Lipinski definition) is 7. The van der Waals surface area contributed by atoms with Crippen molar-refractivity contribution in [2.75, 3.05) is 23.8 Å². The number of benzene rings is 1. The van der Waals surface area contributed by atoms with Crippen molar-refractivity contribution in [2.24, 2.45) is 0 Å². The first-order chi connectivity index (χ1) is 13.0. The van der Waals surface area contributed by atoms with Gasteiger partial charge < -0.3 is 9.64 Å². The summed E-state index contributed by atoms with van der Waals surface area (Å²) in [6.07, 6.45) is -0.826. The molecule has 0 aliphatic carbocycles. The van der Waals surface area contributed by atoms with Crippen molar-refractivity contribution in [3.05, 3.63) is 29.8 Å². The molecule has 2 atom stereocenters. The topological polar surface area (TPSA) is 115 Å². The highest BCUT2D eigenvalue weighted by Crippen LogP contribution is 2.21. The van der Waals surface area contributed by atoms with Gasteiger partial charge in [0.25, 0.3) is 5.91 Å². The number of carbonyl (C=O) groups is 2. The molecule has 1 heterocycles. The first-order valence-electron chi connectivity index (χ1n) is 9.06. The average molecular weight is 432 g/mol. The quantitative estimate of drug-likeness (QED) is 0.593. The Balaban J connectivity index is 2.17. The van der Waals surface area contributed by atoms with E-state index in [4.69, 9.17) is 4.74 Å². The number of hydrogen-bond donors (Lipinski definition) is 0. The van der Waals surface area contributed by atoms with Crippen LogP contribution in [0.1, 0.15) is 37.6 Å². The van der Waals surface area contributed by atoms with E-state index in [0.717, 1.165) is 0 Å². The first kappa shape index (κ1) is 22.4. The molecular weight excluding hydrogens is 406 g/mol. The van der Waals surface area contributed by atoms with Crippen LogP contribution >= 0.6 is 0 Å². The molecule has 1 aliphatic rings. The van der Waals surface area contributed by atoms with Crippen LogP contribution in [0.4, 0.5) is 0 Å². The maximum atomic E-state index is 12.7. The van der Waals surface area contributed by atoms with Gasteiger partial charge in [-0.15, -0.1) is 0 Å². The molecule has 8 nitrogen and oxygen atoms in total. The van der Waals surface area contributed by atoms with E-state index in [1.54, 1.807) is 6.92 Å². The van der Waals surface area contributed by atoms with Gasteiger partial charge in [-0.1, -0.05) is 19.1 Å². The molecule has 1 aromatic carbocycles. The maximum absolute atomic E-state index is 12.7. The fourth-order valence-corrected chi connectivity index (χ4v) is 6.00. The molecule has 1 amide bonds. The molecule has 0 radical (unpaired) electrons. The summed E-state index contributed by atoms with van der Waals surface area (Å²) in [4.78, 5) is 26.5. The molecule has 0 N–H and O–H groups in total.